The van der Waals surface area contributed by atoms with Gasteiger partial charge in [0, 0.05) is 22.8 Å². The molecule has 1 amide bonds. The summed E-state index contributed by atoms with van der Waals surface area (Å²) in [6.45, 7) is 1.75. The highest BCUT2D eigenvalue weighted by Gasteiger charge is 2.30. The van der Waals surface area contributed by atoms with Gasteiger partial charge in [-0.05, 0) is 80.0 Å². The van der Waals surface area contributed by atoms with Crippen LogP contribution in [0.4, 0.5) is 15.8 Å². The van der Waals surface area contributed by atoms with E-state index in [1.165, 1.54) is 13.0 Å². The van der Waals surface area contributed by atoms with Crippen LogP contribution in [0.15, 0.2) is 30.3 Å². The van der Waals surface area contributed by atoms with Gasteiger partial charge in [0.1, 0.15) is 5.82 Å². The van der Waals surface area contributed by atoms with Crippen LogP contribution in [0.5, 0.6) is 0 Å². The summed E-state index contributed by atoms with van der Waals surface area (Å²) in [6.07, 6.45) is 3.40. The summed E-state index contributed by atoms with van der Waals surface area (Å²) >= 11 is 6.29. The number of hydrogen-bond acceptors (Lipinski definition) is 4. The minimum Gasteiger partial charge on any atom is -0.393 e. The zero-order valence-electron chi connectivity index (χ0n) is 17.8. The minimum absolute atomic E-state index is 0.00514. The molecule has 2 aliphatic rings. The molecule has 2 atom stereocenters. The monoisotopic (exact) mass is 480 g/mol. The summed E-state index contributed by atoms with van der Waals surface area (Å²) in [4.78, 5) is 13.0. The third-order valence-corrected chi connectivity index (χ3v) is 8.34. The quantitative estimate of drug-likeness (QED) is 0.669. The van der Waals surface area contributed by atoms with Crippen molar-refractivity contribution in [1.29, 1.82) is 0 Å². The fourth-order valence-electron chi connectivity index (χ4n) is 4.56. The number of sulfonamides is 1. The van der Waals surface area contributed by atoms with Crippen molar-refractivity contribution in [3.63, 3.8) is 0 Å². The fraction of sp³-hybridized carbons (Fsp3) is 0.435. The molecule has 2 fully saturated rings. The number of aliphatic hydroxyl groups is 1. The van der Waals surface area contributed by atoms with E-state index in [0.29, 0.717) is 23.6 Å². The van der Waals surface area contributed by atoms with Gasteiger partial charge in [0.15, 0.2) is 0 Å². The maximum Gasteiger partial charge on any atom is 0.256 e. The summed E-state index contributed by atoms with van der Waals surface area (Å²) in [5, 5.41) is 13.2. The number of carbonyl (C=O) groups excluding carboxylic acids is 1. The molecule has 1 aliphatic carbocycles. The van der Waals surface area contributed by atoms with Crippen LogP contribution in [0.2, 0.25) is 5.02 Å². The first-order chi connectivity index (χ1) is 15.1. The molecule has 2 unspecified atom stereocenters. The van der Waals surface area contributed by atoms with Gasteiger partial charge in [0.05, 0.1) is 17.5 Å². The van der Waals surface area contributed by atoms with E-state index < -0.39 is 21.7 Å². The van der Waals surface area contributed by atoms with E-state index in [-0.39, 0.29) is 41.1 Å². The minimum atomic E-state index is -3.50. The van der Waals surface area contributed by atoms with Crippen LogP contribution >= 0.6 is 11.6 Å². The number of rotatable bonds is 4. The van der Waals surface area contributed by atoms with Crippen LogP contribution in [0.25, 0.3) is 0 Å². The maximum atomic E-state index is 14.6. The van der Waals surface area contributed by atoms with Crippen molar-refractivity contribution in [2.75, 3.05) is 21.9 Å². The second-order valence-electron chi connectivity index (χ2n) is 8.59. The number of benzene rings is 2. The van der Waals surface area contributed by atoms with Crippen molar-refractivity contribution in [1.82, 2.24) is 0 Å². The number of anilines is 2. The van der Waals surface area contributed by atoms with Gasteiger partial charge in [-0.15, -0.1) is 0 Å². The highest BCUT2D eigenvalue weighted by molar-refractivity contribution is 7.93. The van der Waals surface area contributed by atoms with Crippen molar-refractivity contribution in [3.8, 4) is 0 Å². The molecule has 32 heavy (non-hydrogen) atoms. The average molecular weight is 481 g/mol. The normalized spacial score (nSPS) is 22.7. The standard InChI is InChI=1S/C23H26ClFN2O4S/c1-14-21(12-19(13-22(14)25)27-6-3-7-32(27,30)31)23(29)26-18-9-16(8-17(24)11-18)15-4-2-5-20(28)10-15/h8-9,11-13,15,20,28H,2-7,10H2,1H3,(H,26,29). The van der Waals surface area contributed by atoms with Gasteiger partial charge >= 0.3 is 0 Å². The van der Waals surface area contributed by atoms with Gasteiger partial charge < -0.3 is 10.4 Å². The van der Waals surface area contributed by atoms with Crippen LogP contribution in [-0.2, 0) is 10.0 Å². The molecule has 2 aromatic rings. The molecule has 1 saturated carbocycles. The van der Waals surface area contributed by atoms with Gasteiger partial charge in [-0.2, -0.15) is 0 Å². The molecule has 0 aromatic heterocycles. The van der Waals surface area contributed by atoms with Crippen molar-refractivity contribution in [3.05, 3.63) is 57.9 Å². The van der Waals surface area contributed by atoms with Gasteiger partial charge in [-0.1, -0.05) is 18.0 Å². The molecule has 0 radical (unpaired) electrons. The number of carbonyl (C=O) groups is 1. The highest BCUT2D eigenvalue weighted by Crippen LogP contribution is 2.36. The lowest BCUT2D eigenvalue weighted by molar-refractivity contribution is 0.102. The number of nitrogens with zero attached hydrogens (tertiary/aromatic N) is 1. The molecule has 2 aromatic carbocycles. The van der Waals surface area contributed by atoms with Crippen molar-refractivity contribution < 1.29 is 22.7 Å². The first-order valence-corrected chi connectivity index (χ1v) is 12.7. The van der Waals surface area contributed by atoms with Crippen molar-refractivity contribution in [2.45, 2.75) is 51.0 Å². The van der Waals surface area contributed by atoms with Crippen molar-refractivity contribution in [2.24, 2.45) is 0 Å². The van der Waals surface area contributed by atoms with Gasteiger partial charge in [-0.25, -0.2) is 12.8 Å². The number of amides is 1. The number of nitrogens with one attached hydrogen (secondary N) is 1. The topological polar surface area (TPSA) is 86.7 Å². The van der Waals surface area contributed by atoms with Gasteiger partial charge in [-0.3, -0.25) is 9.10 Å². The van der Waals surface area contributed by atoms with Crippen LogP contribution in [0.3, 0.4) is 0 Å². The van der Waals surface area contributed by atoms with Crippen LogP contribution < -0.4 is 9.62 Å². The molecule has 0 bridgehead atoms. The average Bonchev–Trinajstić information content (AvgIpc) is 3.08. The molecular formula is C23H26ClFN2O4S. The Morgan fingerprint density at radius 3 is 2.66 bits per heavy atom. The number of aliphatic hydroxyl groups excluding tert-OH is 1. The molecule has 2 N–H and O–H groups in total. The number of halogens is 2. The lowest BCUT2D eigenvalue weighted by Crippen LogP contribution is -2.26. The molecule has 172 valence electrons. The molecule has 4 rings (SSSR count). The highest BCUT2D eigenvalue weighted by atomic mass is 35.5. The smallest absolute Gasteiger partial charge is 0.256 e. The van der Waals surface area contributed by atoms with Crippen LogP contribution in [0.1, 0.15) is 59.5 Å². The molecular weight excluding hydrogens is 455 g/mol. The summed E-state index contributed by atoms with van der Waals surface area (Å²) in [5.74, 6) is -1.03. The molecule has 1 saturated heterocycles. The van der Waals surface area contributed by atoms with Crippen LogP contribution in [-0.4, -0.2) is 37.8 Å². The predicted molar refractivity (Wildman–Crippen MR) is 124 cm³/mol. The zero-order chi connectivity index (χ0) is 23.0. The Hall–Kier alpha value is -2.16. The molecule has 9 heteroatoms. The Balaban J connectivity index is 1.62. The largest absolute Gasteiger partial charge is 0.393 e. The first kappa shape index (κ1) is 23.0. The van der Waals surface area contributed by atoms with E-state index in [0.717, 1.165) is 35.2 Å². The Labute approximate surface area is 192 Å². The van der Waals surface area contributed by atoms with E-state index in [2.05, 4.69) is 5.32 Å². The SMILES string of the molecule is Cc1c(F)cc(N2CCCS2(=O)=O)cc1C(=O)Nc1cc(Cl)cc(C2CCCC(O)C2)c1. The Morgan fingerprint density at radius 1 is 1.19 bits per heavy atom. The number of hydrogen-bond donors (Lipinski definition) is 2. The molecule has 6 nitrogen and oxygen atoms in total. The second-order valence-corrected chi connectivity index (χ2v) is 11.0. The predicted octanol–water partition coefficient (Wildman–Crippen LogP) is 4.60. The van der Waals surface area contributed by atoms with E-state index in [1.54, 1.807) is 6.07 Å². The van der Waals surface area contributed by atoms with Crippen molar-refractivity contribution >= 4 is 38.9 Å². The zero-order valence-corrected chi connectivity index (χ0v) is 19.3. The van der Waals surface area contributed by atoms with E-state index in [1.807, 2.05) is 12.1 Å². The summed E-state index contributed by atoms with van der Waals surface area (Å²) in [7, 11) is -3.50. The summed E-state index contributed by atoms with van der Waals surface area (Å²) in [5.41, 5.74) is 1.76. The molecule has 1 aliphatic heterocycles. The summed E-state index contributed by atoms with van der Waals surface area (Å²) in [6, 6.07) is 7.85. The first-order valence-electron chi connectivity index (χ1n) is 10.7. The van der Waals surface area contributed by atoms with E-state index in [4.69, 9.17) is 11.6 Å². The van der Waals surface area contributed by atoms with Gasteiger partial charge in [0.2, 0.25) is 10.0 Å². The van der Waals surface area contributed by atoms with Gasteiger partial charge in [0.25, 0.3) is 5.91 Å². The Bertz CT molecular complexity index is 1150. The lowest BCUT2D eigenvalue weighted by atomic mass is 9.82. The second kappa shape index (κ2) is 9.00. The molecule has 0 spiro atoms. The van der Waals surface area contributed by atoms with E-state index >= 15 is 0 Å². The summed E-state index contributed by atoms with van der Waals surface area (Å²) < 4.78 is 40.3. The Morgan fingerprint density at radius 2 is 1.97 bits per heavy atom. The maximum absolute atomic E-state index is 14.6. The lowest BCUT2D eigenvalue weighted by Gasteiger charge is -2.26. The Kier molecular flexibility index (Phi) is 6.47. The third-order valence-electron chi connectivity index (χ3n) is 6.26. The van der Waals surface area contributed by atoms with Crippen LogP contribution in [0, 0.1) is 12.7 Å². The molecule has 1 heterocycles. The third kappa shape index (κ3) is 4.77. The van der Waals surface area contributed by atoms with E-state index in [9.17, 15) is 22.7 Å². The fourth-order valence-corrected chi connectivity index (χ4v) is 6.35.